The molecule has 5 heteroatoms. The molecule has 1 aliphatic rings. The number of nitrogens with zero attached hydrogens (tertiary/aromatic N) is 3. The molecule has 0 radical (unpaired) electrons. The van der Waals surface area contributed by atoms with Gasteiger partial charge in [-0.15, -0.1) is 11.3 Å². The molecular formula is C21H23N3OS. The van der Waals surface area contributed by atoms with Crippen LogP contribution in [0.2, 0.25) is 0 Å². The molecule has 0 aliphatic carbocycles. The zero-order valence-electron chi connectivity index (χ0n) is 15.3. The lowest BCUT2D eigenvalue weighted by Crippen LogP contribution is -2.63. The Kier molecular flexibility index (Phi) is 5.61. The molecule has 1 saturated heterocycles. The number of anilines is 1. The van der Waals surface area contributed by atoms with Crippen LogP contribution in [0.1, 0.15) is 42.7 Å². The third-order valence-electron chi connectivity index (χ3n) is 4.64. The summed E-state index contributed by atoms with van der Waals surface area (Å²) in [4.78, 5) is 7.60. The van der Waals surface area contributed by atoms with Gasteiger partial charge in [-0.3, -0.25) is 0 Å². The zero-order valence-corrected chi connectivity index (χ0v) is 16.1. The predicted molar refractivity (Wildman–Crippen MR) is 105 cm³/mol. The summed E-state index contributed by atoms with van der Waals surface area (Å²) in [6, 6.07) is 10.0. The van der Waals surface area contributed by atoms with E-state index in [0.29, 0.717) is 5.92 Å². The van der Waals surface area contributed by atoms with E-state index in [9.17, 15) is 10.4 Å². The molecule has 1 N–H and O–H groups in total. The molecule has 0 saturated carbocycles. The maximum Gasteiger partial charge on any atom is 0.186 e. The maximum atomic E-state index is 9.93. The van der Waals surface area contributed by atoms with Crippen LogP contribution in [0.15, 0.2) is 30.5 Å². The van der Waals surface area contributed by atoms with Gasteiger partial charge in [0.25, 0.3) is 0 Å². The fraction of sp³-hybridized carbons (Fsp3) is 0.429. The van der Waals surface area contributed by atoms with Crippen molar-refractivity contribution >= 4 is 16.5 Å². The van der Waals surface area contributed by atoms with E-state index in [-0.39, 0.29) is 24.6 Å². The van der Waals surface area contributed by atoms with Crippen molar-refractivity contribution < 1.29 is 5.11 Å². The molecule has 0 unspecified atom stereocenters. The average Bonchev–Trinajstić information content (AvgIpc) is 3.09. The van der Waals surface area contributed by atoms with E-state index in [1.165, 1.54) is 4.88 Å². The molecule has 1 fully saturated rings. The largest absolute Gasteiger partial charge is 0.394 e. The van der Waals surface area contributed by atoms with Gasteiger partial charge in [0, 0.05) is 28.5 Å². The van der Waals surface area contributed by atoms with Crippen LogP contribution in [0, 0.1) is 29.1 Å². The summed E-state index contributed by atoms with van der Waals surface area (Å²) in [6.45, 7) is 6.22. The molecule has 26 heavy (non-hydrogen) atoms. The number of aliphatic hydroxyl groups is 1. The fourth-order valence-corrected chi connectivity index (χ4v) is 4.21. The first-order valence-electron chi connectivity index (χ1n) is 8.94. The number of thiazole rings is 1. The molecule has 3 atom stereocenters. The summed E-state index contributed by atoms with van der Waals surface area (Å²) in [6.07, 6.45) is 2.78. The van der Waals surface area contributed by atoms with Gasteiger partial charge in [0.2, 0.25) is 0 Å². The van der Waals surface area contributed by atoms with Crippen molar-refractivity contribution in [3.8, 4) is 17.9 Å². The number of aromatic nitrogens is 1. The summed E-state index contributed by atoms with van der Waals surface area (Å²) >= 11 is 1.60. The van der Waals surface area contributed by atoms with Gasteiger partial charge in [-0.2, -0.15) is 5.26 Å². The highest BCUT2D eigenvalue weighted by molar-refractivity contribution is 7.15. The van der Waals surface area contributed by atoms with Crippen LogP contribution >= 0.6 is 11.3 Å². The standard InChI is InChI=1S/C21H23N3OS/c1-4-17-12-23-21(26-17)24-18(11-22)20(19(24)13-25)16-9-7-15(8-10-16)6-5-14(2)3/h7-10,12,14,18-20,25H,4,13H2,1-3H3/t18-,19+,20-/m0/s1. The summed E-state index contributed by atoms with van der Waals surface area (Å²) < 4.78 is 0. The summed E-state index contributed by atoms with van der Waals surface area (Å²) in [7, 11) is 0. The van der Waals surface area contributed by atoms with Gasteiger partial charge >= 0.3 is 0 Å². The van der Waals surface area contributed by atoms with E-state index < -0.39 is 0 Å². The molecule has 2 aromatic rings. The van der Waals surface area contributed by atoms with Crippen LogP contribution in [0.3, 0.4) is 0 Å². The smallest absolute Gasteiger partial charge is 0.186 e. The van der Waals surface area contributed by atoms with Crippen molar-refractivity contribution in [2.75, 3.05) is 11.5 Å². The Morgan fingerprint density at radius 1 is 1.31 bits per heavy atom. The van der Waals surface area contributed by atoms with Gasteiger partial charge in [-0.25, -0.2) is 4.98 Å². The zero-order chi connectivity index (χ0) is 18.7. The Morgan fingerprint density at radius 3 is 2.58 bits per heavy atom. The molecule has 4 nitrogen and oxygen atoms in total. The van der Waals surface area contributed by atoms with E-state index in [4.69, 9.17) is 0 Å². The SMILES string of the molecule is CCc1cnc(N2[C@H](CO)[C@@H](c3ccc(C#CC(C)C)cc3)[C@@H]2C#N)s1. The second-order valence-corrected chi connectivity index (χ2v) is 7.86. The summed E-state index contributed by atoms with van der Waals surface area (Å²) in [5.74, 6) is 6.63. The quantitative estimate of drug-likeness (QED) is 0.842. The van der Waals surface area contributed by atoms with Crippen molar-refractivity contribution in [3.05, 3.63) is 46.5 Å². The highest BCUT2D eigenvalue weighted by atomic mass is 32.1. The number of hydrogen-bond donors (Lipinski definition) is 1. The minimum absolute atomic E-state index is 0.00120. The first kappa shape index (κ1) is 18.5. The summed E-state index contributed by atoms with van der Waals surface area (Å²) in [5.41, 5.74) is 2.04. The van der Waals surface area contributed by atoms with Crippen LogP contribution < -0.4 is 4.90 Å². The van der Waals surface area contributed by atoms with Crippen LogP contribution in [-0.4, -0.2) is 28.8 Å². The minimum Gasteiger partial charge on any atom is -0.394 e. The van der Waals surface area contributed by atoms with E-state index in [0.717, 1.165) is 22.7 Å². The number of rotatable bonds is 4. The highest BCUT2D eigenvalue weighted by Gasteiger charge is 2.50. The fourth-order valence-electron chi connectivity index (χ4n) is 3.27. The second kappa shape index (κ2) is 7.91. The van der Waals surface area contributed by atoms with Crippen molar-refractivity contribution in [3.63, 3.8) is 0 Å². The Labute approximate surface area is 159 Å². The number of aryl methyl sites for hydroxylation is 1. The van der Waals surface area contributed by atoms with E-state index in [2.05, 4.69) is 43.7 Å². The lowest BCUT2D eigenvalue weighted by atomic mass is 9.76. The van der Waals surface area contributed by atoms with Gasteiger partial charge in [-0.05, 0) is 24.1 Å². The van der Waals surface area contributed by atoms with Crippen LogP contribution in [0.4, 0.5) is 5.13 Å². The molecule has 0 bridgehead atoms. The minimum atomic E-state index is -0.310. The predicted octanol–water partition coefficient (Wildman–Crippen LogP) is 3.57. The molecular weight excluding hydrogens is 342 g/mol. The number of hydrogen-bond acceptors (Lipinski definition) is 5. The Morgan fingerprint density at radius 2 is 2.04 bits per heavy atom. The third-order valence-corrected chi connectivity index (χ3v) is 5.80. The Balaban J connectivity index is 1.84. The van der Waals surface area contributed by atoms with Crippen LogP contribution in [0.5, 0.6) is 0 Å². The third kappa shape index (κ3) is 3.46. The number of nitriles is 1. The lowest BCUT2D eigenvalue weighted by molar-refractivity contribution is 0.187. The summed E-state index contributed by atoms with van der Waals surface area (Å²) in [5, 5.41) is 20.5. The number of aliphatic hydroxyl groups excluding tert-OH is 1. The van der Waals surface area contributed by atoms with Gasteiger partial charge in [0.15, 0.2) is 5.13 Å². The molecule has 0 spiro atoms. The average molecular weight is 366 g/mol. The number of benzene rings is 1. The van der Waals surface area contributed by atoms with Crippen molar-refractivity contribution in [1.82, 2.24) is 4.98 Å². The second-order valence-electron chi connectivity index (χ2n) is 6.77. The first-order chi connectivity index (χ1) is 12.6. The molecule has 2 heterocycles. The first-order valence-corrected chi connectivity index (χ1v) is 9.75. The highest BCUT2D eigenvalue weighted by Crippen LogP contribution is 2.44. The Hall–Kier alpha value is -2.34. The topological polar surface area (TPSA) is 60.1 Å². The van der Waals surface area contributed by atoms with Crippen molar-refractivity contribution in [1.29, 1.82) is 5.26 Å². The van der Waals surface area contributed by atoms with E-state index >= 15 is 0 Å². The molecule has 0 amide bonds. The molecule has 1 aliphatic heterocycles. The lowest BCUT2D eigenvalue weighted by Gasteiger charge is -2.51. The Bertz CT molecular complexity index is 854. The van der Waals surface area contributed by atoms with Gasteiger partial charge in [0.05, 0.1) is 18.7 Å². The van der Waals surface area contributed by atoms with Crippen LogP contribution in [0.25, 0.3) is 0 Å². The molecule has 3 rings (SSSR count). The van der Waals surface area contributed by atoms with Gasteiger partial charge in [0.1, 0.15) is 6.04 Å². The van der Waals surface area contributed by atoms with Gasteiger partial charge in [-0.1, -0.05) is 44.7 Å². The molecule has 1 aromatic heterocycles. The maximum absolute atomic E-state index is 9.93. The van der Waals surface area contributed by atoms with Gasteiger partial charge < -0.3 is 10.0 Å². The van der Waals surface area contributed by atoms with E-state index in [1.54, 1.807) is 11.3 Å². The van der Waals surface area contributed by atoms with Crippen molar-refractivity contribution in [2.45, 2.75) is 45.2 Å². The molecule has 134 valence electrons. The van der Waals surface area contributed by atoms with E-state index in [1.807, 2.05) is 35.4 Å². The molecule has 1 aromatic carbocycles. The van der Waals surface area contributed by atoms with Crippen molar-refractivity contribution in [2.24, 2.45) is 5.92 Å². The van der Waals surface area contributed by atoms with Crippen LogP contribution in [-0.2, 0) is 6.42 Å². The normalized spacial score (nSPS) is 21.7. The monoisotopic (exact) mass is 365 g/mol.